The van der Waals surface area contributed by atoms with Crippen LogP contribution in [0.15, 0.2) is 41.0 Å². The number of carbonyl (C=O) groups excluding carboxylic acids is 1. The molecule has 1 N–H and O–H groups in total. The summed E-state index contributed by atoms with van der Waals surface area (Å²) in [6, 6.07) is 7.62. The van der Waals surface area contributed by atoms with Gasteiger partial charge >= 0.3 is 6.61 Å². The van der Waals surface area contributed by atoms with Gasteiger partial charge in [-0.15, -0.1) is 0 Å². The summed E-state index contributed by atoms with van der Waals surface area (Å²) in [5, 5.41) is 3.14. The molecular weight excluding hydrogens is 414 g/mol. The van der Waals surface area contributed by atoms with Crippen LogP contribution in [-0.4, -0.2) is 39.9 Å². The van der Waals surface area contributed by atoms with E-state index in [9.17, 15) is 13.6 Å². The molecule has 3 aromatic rings. The van der Waals surface area contributed by atoms with Crippen LogP contribution in [-0.2, 0) is 6.54 Å². The maximum absolute atomic E-state index is 12.5. The van der Waals surface area contributed by atoms with Gasteiger partial charge in [0.15, 0.2) is 5.82 Å². The van der Waals surface area contributed by atoms with Crippen LogP contribution in [0.5, 0.6) is 5.75 Å². The molecule has 4 rings (SSSR count). The number of aromatic nitrogens is 2. The number of amides is 1. The standard InChI is InChI=1S/C20H20F2N4O3S/c21-19(22)29-15-6-4-5-13(9-15)16-10-14(12-28-16)18(27)24-20-23-17(25-30-20)11-26-7-2-1-3-8-26/h4-6,9-10,12,19H,1-3,7-8,11H2,(H,23,24,25,27). The number of ether oxygens (including phenoxy) is 1. The van der Waals surface area contributed by atoms with E-state index in [1.807, 2.05) is 0 Å². The van der Waals surface area contributed by atoms with Crippen LogP contribution >= 0.6 is 11.5 Å². The van der Waals surface area contributed by atoms with Gasteiger partial charge in [-0.3, -0.25) is 15.0 Å². The number of hydrogen-bond acceptors (Lipinski definition) is 7. The van der Waals surface area contributed by atoms with Gasteiger partial charge in [0.1, 0.15) is 17.8 Å². The predicted molar refractivity (Wildman–Crippen MR) is 108 cm³/mol. The summed E-state index contributed by atoms with van der Waals surface area (Å²) in [6.45, 7) is -0.145. The van der Waals surface area contributed by atoms with Gasteiger partial charge in [-0.25, -0.2) is 4.98 Å². The van der Waals surface area contributed by atoms with Crippen LogP contribution in [0, 0.1) is 0 Å². The molecule has 2 aromatic heterocycles. The Morgan fingerprint density at radius 2 is 2.10 bits per heavy atom. The molecule has 1 amide bonds. The van der Waals surface area contributed by atoms with Crippen molar-refractivity contribution in [2.75, 3.05) is 18.4 Å². The quantitative estimate of drug-likeness (QED) is 0.584. The Labute approximate surface area is 175 Å². The third kappa shape index (κ3) is 5.19. The van der Waals surface area contributed by atoms with Crippen molar-refractivity contribution in [3.05, 3.63) is 48.0 Å². The molecule has 10 heteroatoms. The van der Waals surface area contributed by atoms with Crippen LogP contribution in [0.25, 0.3) is 11.3 Å². The number of likely N-dealkylation sites (tertiary alicyclic amines) is 1. The van der Waals surface area contributed by atoms with E-state index in [1.165, 1.54) is 43.7 Å². The van der Waals surface area contributed by atoms with Gasteiger partial charge < -0.3 is 9.15 Å². The summed E-state index contributed by atoms with van der Waals surface area (Å²) in [4.78, 5) is 19.2. The lowest BCUT2D eigenvalue weighted by atomic mass is 10.1. The topological polar surface area (TPSA) is 80.5 Å². The molecule has 3 heterocycles. The first kappa shape index (κ1) is 20.4. The second kappa shape index (κ2) is 9.31. The zero-order valence-electron chi connectivity index (χ0n) is 16.0. The van der Waals surface area contributed by atoms with Crippen molar-refractivity contribution < 1.29 is 22.7 Å². The van der Waals surface area contributed by atoms with E-state index in [2.05, 4.69) is 24.3 Å². The molecule has 0 spiro atoms. The molecule has 0 radical (unpaired) electrons. The molecule has 30 heavy (non-hydrogen) atoms. The predicted octanol–water partition coefficient (Wildman–Crippen LogP) is 4.64. The smallest absolute Gasteiger partial charge is 0.387 e. The second-order valence-electron chi connectivity index (χ2n) is 6.91. The van der Waals surface area contributed by atoms with E-state index in [4.69, 9.17) is 4.42 Å². The van der Waals surface area contributed by atoms with E-state index >= 15 is 0 Å². The number of piperidine rings is 1. The average Bonchev–Trinajstić information content (AvgIpc) is 3.38. The van der Waals surface area contributed by atoms with Gasteiger partial charge in [-0.05, 0) is 44.1 Å². The van der Waals surface area contributed by atoms with Crippen molar-refractivity contribution in [3.63, 3.8) is 0 Å². The lowest BCUT2D eigenvalue weighted by molar-refractivity contribution is -0.0498. The maximum atomic E-state index is 12.5. The number of hydrogen-bond donors (Lipinski definition) is 1. The van der Waals surface area contributed by atoms with E-state index in [-0.39, 0.29) is 17.2 Å². The van der Waals surface area contributed by atoms with Crippen molar-refractivity contribution >= 4 is 22.6 Å². The highest BCUT2D eigenvalue weighted by atomic mass is 32.1. The average molecular weight is 434 g/mol. The number of nitrogens with zero attached hydrogens (tertiary/aromatic N) is 3. The minimum atomic E-state index is -2.91. The SMILES string of the molecule is O=C(Nc1nc(CN2CCCCC2)ns1)c1coc(-c2cccc(OC(F)F)c2)c1. The summed E-state index contributed by atoms with van der Waals surface area (Å²) >= 11 is 1.13. The number of anilines is 1. The minimum absolute atomic E-state index is 0.0139. The molecule has 0 aliphatic carbocycles. The van der Waals surface area contributed by atoms with Gasteiger partial charge in [0, 0.05) is 17.1 Å². The maximum Gasteiger partial charge on any atom is 0.387 e. The van der Waals surface area contributed by atoms with Crippen LogP contribution in [0.1, 0.15) is 35.4 Å². The Balaban J connectivity index is 1.39. The molecular formula is C20H20F2N4O3S. The number of furan rings is 1. The van der Waals surface area contributed by atoms with Crippen molar-refractivity contribution in [2.45, 2.75) is 32.4 Å². The summed E-state index contributed by atoms with van der Waals surface area (Å²) in [6.07, 6.45) is 4.95. The number of nitrogens with one attached hydrogen (secondary N) is 1. The van der Waals surface area contributed by atoms with Crippen LogP contribution in [0.2, 0.25) is 0 Å². The van der Waals surface area contributed by atoms with Crippen LogP contribution in [0.4, 0.5) is 13.9 Å². The third-order valence-corrected chi connectivity index (χ3v) is 5.38. The van der Waals surface area contributed by atoms with E-state index < -0.39 is 6.61 Å². The number of halogens is 2. The van der Waals surface area contributed by atoms with Gasteiger partial charge in [0.2, 0.25) is 5.13 Å². The Bertz CT molecular complexity index is 1000. The van der Waals surface area contributed by atoms with E-state index in [0.717, 1.165) is 24.6 Å². The Kier molecular flexibility index (Phi) is 6.34. The highest BCUT2D eigenvalue weighted by Crippen LogP contribution is 2.27. The molecule has 0 atom stereocenters. The first-order valence-electron chi connectivity index (χ1n) is 9.57. The second-order valence-corrected chi connectivity index (χ2v) is 7.66. The largest absolute Gasteiger partial charge is 0.464 e. The summed E-state index contributed by atoms with van der Waals surface area (Å²) < 4.78 is 38.9. The molecule has 0 unspecified atom stereocenters. The van der Waals surface area contributed by atoms with E-state index in [1.54, 1.807) is 12.1 Å². The Morgan fingerprint density at radius 1 is 1.27 bits per heavy atom. The van der Waals surface area contributed by atoms with Crippen molar-refractivity contribution in [3.8, 4) is 17.1 Å². The minimum Gasteiger partial charge on any atom is -0.464 e. The molecule has 1 aliphatic heterocycles. The molecule has 1 fully saturated rings. The highest BCUT2D eigenvalue weighted by molar-refractivity contribution is 7.09. The summed E-state index contributed by atoms with van der Waals surface area (Å²) in [5.74, 6) is 0.689. The Hall–Kier alpha value is -2.85. The van der Waals surface area contributed by atoms with E-state index in [0.29, 0.717) is 28.8 Å². The monoisotopic (exact) mass is 434 g/mol. The third-order valence-electron chi connectivity index (χ3n) is 4.71. The summed E-state index contributed by atoms with van der Waals surface area (Å²) in [7, 11) is 0. The fraction of sp³-hybridized carbons (Fsp3) is 0.350. The number of carbonyl (C=O) groups is 1. The van der Waals surface area contributed by atoms with Crippen LogP contribution in [0.3, 0.4) is 0 Å². The van der Waals surface area contributed by atoms with Crippen molar-refractivity contribution in [1.29, 1.82) is 0 Å². The lowest BCUT2D eigenvalue weighted by Gasteiger charge is -2.24. The summed E-state index contributed by atoms with van der Waals surface area (Å²) in [5.41, 5.74) is 0.810. The molecule has 0 saturated carbocycles. The molecule has 1 saturated heterocycles. The van der Waals surface area contributed by atoms with Gasteiger partial charge in [-0.1, -0.05) is 18.6 Å². The number of benzene rings is 1. The zero-order chi connectivity index (χ0) is 20.9. The molecule has 7 nitrogen and oxygen atoms in total. The molecule has 158 valence electrons. The first-order chi connectivity index (χ1) is 14.6. The fourth-order valence-corrected chi connectivity index (χ4v) is 3.86. The van der Waals surface area contributed by atoms with Crippen LogP contribution < -0.4 is 10.1 Å². The molecule has 1 aromatic carbocycles. The van der Waals surface area contributed by atoms with Gasteiger partial charge in [-0.2, -0.15) is 13.2 Å². The molecule has 0 bridgehead atoms. The fourth-order valence-electron chi connectivity index (χ4n) is 3.29. The molecule has 1 aliphatic rings. The van der Waals surface area contributed by atoms with Gasteiger partial charge in [0.25, 0.3) is 5.91 Å². The van der Waals surface area contributed by atoms with Crippen molar-refractivity contribution in [1.82, 2.24) is 14.3 Å². The van der Waals surface area contributed by atoms with Crippen molar-refractivity contribution in [2.24, 2.45) is 0 Å². The van der Waals surface area contributed by atoms with Gasteiger partial charge in [0.05, 0.1) is 12.1 Å². The lowest BCUT2D eigenvalue weighted by Crippen LogP contribution is -2.29. The normalized spacial score (nSPS) is 14.8. The number of rotatable bonds is 7. The number of alkyl halides is 2. The zero-order valence-corrected chi connectivity index (χ0v) is 16.8. The Morgan fingerprint density at radius 3 is 2.90 bits per heavy atom. The first-order valence-corrected chi connectivity index (χ1v) is 10.3. The highest BCUT2D eigenvalue weighted by Gasteiger charge is 2.17.